The van der Waals surface area contributed by atoms with Crippen LogP contribution in [-0.2, 0) is 20.2 Å². The van der Waals surface area contributed by atoms with Gasteiger partial charge in [0.2, 0.25) is 0 Å². The quantitative estimate of drug-likeness (QED) is 0.287. The van der Waals surface area contributed by atoms with Crippen molar-refractivity contribution in [3.63, 3.8) is 0 Å². The highest BCUT2D eigenvalue weighted by atomic mass is 32.2. The van der Waals surface area contributed by atoms with Crippen molar-refractivity contribution in [3.05, 3.63) is 29.3 Å². The van der Waals surface area contributed by atoms with Gasteiger partial charge in [0.15, 0.2) is 0 Å². The fourth-order valence-corrected chi connectivity index (χ4v) is 4.11. The largest absolute Gasteiger partial charge is 0.397 e. The summed E-state index contributed by atoms with van der Waals surface area (Å²) in [4.78, 5) is 24.1. The van der Waals surface area contributed by atoms with Crippen LogP contribution in [0.2, 0.25) is 0 Å². The van der Waals surface area contributed by atoms with Gasteiger partial charge in [0.1, 0.15) is 4.90 Å². The van der Waals surface area contributed by atoms with Gasteiger partial charge in [-0.2, -0.15) is 16.8 Å². The zero-order valence-electron chi connectivity index (χ0n) is 13.3. The van der Waals surface area contributed by atoms with E-state index in [0.717, 1.165) is 18.2 Å². The first-order valence-electron chi connectivity index (χ1n) is 7.20. The summed E-state index contributed by atoms with van der Waals surface area (Å²) in [6, 6.07) is 2.37. The van der Waals surface area contributed by atoms with E-state index in [1.54, 1.807) is 0 Å². The number of amides is 2. The Balaban J connectivity index is 2.57. The van der Waals surface area contributed by atoms with Crippen LogP contribution in [0.1, 0.15) is 20.7 Å². The Morgan fingerprint density at radius 1 is 0.926 bits per heavy atom. The van der Waals surface area contributed by atoms with Gasteiger partial charge in [-0.1, -0.05) is 0 Å². The number of nitrogens with zero attached hydrogens (tertiary/aromatic N) is 1. The van der Waals surface area contributed by atoms with Crippen molar-refractivity contribution in [2.24, 2.45) is 0 Å². The van der Waals surface area contributed by atoms with Crippen LogP contribution in [-0.4, -0.2) is 60.9 Å². The van der Waals surface area contributed by atoms with Crippen LogP contribution in [0.25, 0.3) is 10.8 Å². The molecule has 0 saturated carbocycles. The van der Waals surface area contributed by atoms with E-state index in [1.807, 2.05) is 0 Å². The highest BCUT2D eigenvalue weighted by Crippen LogP contribution is 2.38. The van der Waals surface area contributed by atoms with Crippen LogP contribution in [0.5, 0.6) is 0 Å². The van der Waals surface area contributed by atoms with Crippen molar-refractivity contribution >= 4 is 48.5 Å². The van der Waals surface area contributed by atoms with Gasteiger partial charge >= 0.3 is 0 Å². The second kappa shape index (κ2) is 5.97. The number of hydrogen-bond donors (Lipinski definition) is 4. The van der Waals surface area contributed by atoms with Crippen molar-refractivity contribution in [3.8, 4) is 0 Å². The molecule has 2 aromatic carbocycles. The van der Waals surface area contributed by atoms with Crippen LogP contribution in [0.3, 0.4) is 0 Å². The molecular formula is C14H12N2O9S2. The number of rotatable bonds is 4. The van der Waals surface area contributed by atoms with Crippen LogP contribution in [0, 0.1) is 0 Å². The minimum atomic E-state index is -4.90. The molecule has 2 amide bonds. The molecule has 0 radical (unpaired) electrons. The van der Waals surface area contributed by atoms with Gasteiger partial charge in [-0.05, 0) is 18.2 Å². The molecule has 0 unspecified atom stereocenters. The summed E-state index contributed by atoms with van der Waals surface area (Å²) in [5, 5.41) is 8.62. The zero-order valence-corrected chi connectivity index (χ0v) is 14.9. The number of carbonyl (C=O) groups excluding carboxylic acids is 2. The fraction of sp³-hybridized carbons (Fsp3) is 0.143. The van der Waals surface area contributed by atoms with Crippen molar-refractivity contribution < 1.29 is 40.6 Å². The van der Waals surface area contributed by atoms with Crippen molar-refractivity contribution in [2.75, 3.05) is 18.9 Å². The summed E-state index contributed by atoms with van der Waals surface area (Å²) >= 11 is 0. The van der Waals surface area contributed by atoms with Gasteiger partial charge in [0.25, 0.3) is 32.1 Å². The lowest BCUT2D eigenvalue weighted by Crippen LogP contribution is -2.42. The van der Waals surface area contributed by atoms with E-state index in [0.29, 0.717) is 4.90 Å². The lowest BCUT2D eigenvalue weighted by Gasteiger charge is -2.27. The average molecular weight is 416 g/mol. The molecule has 13 heteroatoms. The van der Waals surface area contributed by atoms with Crippen molar-refractivity contribution in [1.82, 2.24) is 4.90 Å². The predicted octanol–water partition coefficient (Wildman–Crippen LogP) is -0.496. The summed E-state index contributed by atoms with van der Waals surface area (Å²) in [5.74, 6) is -1.92. The maximum absolute atomic E-state index is 12.6. The van der Waals surface area contributed by atoms with Crippen LogP contribution in [0.4, 0.5) is 5.69 Å². The molecule has 3 rings (SSSR count). The number of anilines is 1. The van der Waals surface area contributed by atoms with Crippen LogP contribution >= 0.6 is 0 Å². The molecule has 0 aliphatic carbocycles. The SMILES string of the molecule is Nc1c(S(=O)(=O)O)cc2c3c(cc(S(=O)(=O)O)cc13)C(=O)N(CCO)C2=O. The smallest absolute Gasteiger partial charge is 0.296 e. The highest BCUT2D eigenvalue weighted by molar-refractivity contribution is 7.86. The number of nitrogen functional groups attached to an aromatic ring is 1. The Bertz CT molecular complexity index is 1210. The van der Waals surface area contributed by atoms with Gasteiger partial charge in [-0.25, -0.2) is 0 Å². The van der Waals surface area contributed by atoms with E-state index < -0.39 is 60.7 Å². The first-order valence-corrected chi connectivity index (χ1v) is 10.1. The normalized spacial score (nSPS) is 14.9. The van der Waals surface area contributed by atoms with Crippen molar-refractivity contribution in [1.29, 1.82) is 0 Å². The van der Waals surface area contributed by atoms with E-state index in [-0.39, 0.29) is 21.9 Å². The average Bonchev–Trinajstić information content (AvgIpc) is 2.55. The number of aliphatic hydroxyl groups is 1. The molecule has 0 bridgehead atoms. The van der Waals surface area contributed by atoms with Gasteiger partial charge < -0.3 is 10.8 Å². The fourth-order valence-electron chi connectivity index (χ4n) is 2.92. The first-order chi connectivity index (χ1) is 12.4. The Morgan fingerprint density at radius 2 is 1.48 bits per heavy atom. The molecule has 0 saturated heterocycles. The topological polar surface area (TPSA) is 192 Å². The third kappa shape index (κ3) is 2.94. The maximum Gasteiger partial charge on any atom is 0.296 e. The molecule has 1 aliphatic heterocycles. The first kappa shape index (κ1) is 19.2. The van der Waals surface area contributed by atoms with E-state index in [2.05, 4.69) is 0 Å². The Hall–Kier alpha value is -2.58. The molecule has 27 heavy (non-hydrogen) atoms. The highest BCUT2D eigenvalue weighted by Gasteiger charge is 2.36. The molecule has 5 N–H and O–H groups in total. The summed E-state index contributed by atoms with van der Waals surface area (Å²) in [6.07, 6.45) is 0. The van der Waals surface area contributed by atoms with Crippen LogP contribution < -0.4 is 5.73 Å². The number of benzene rings is 2. The minimum Gasteiger partial charge on any atom is -0.397 e. The Kier molecular flexibility index (Phi) is 4.24. The summed E-state index contributed by atoms with van der Waals surface area (Å²) < 4.78 is 65.0. The predicted molar refractivity (Wildman–Crippen MR) is 90.4 cm³/mol. The molecule has 0 spiro atoms. The van der Waals surface area contributed by atoms with E-state index >= 15 is 0 Å². The number of aliphatic hydroxyl groups excluding tert-OH is 1. The summed E-state index contributed by atoms with van der Waals surface area (Å²) in [5.41, 5.74) is 4.46. The zero-order chi connectivity index (χ0) is 20.3. The van der Waals surface area contributed by atoms with E-state index in [9.17, 15) is 35.5 Å². The molecule has 0 aromatic heterocycles. The molecule has 1 aliphatic rings. The second-order valence-electron chi connectivity index (χ2n) is 5.67. The third-order valence-corrected chi connectivity index (χ3v) is 5.79. The number of β-amino-alcohol motifs (C(OH)–C–C–N with tert-alkyl or cyclic N) is 1. The van der Waals surface area contributed by atoms with E-state index in [1.165, 1.54) is 0 Å². The van der Waals surface area contributed by atoms with Gasteiger partial charge in [0, 0.05) is 10.8 Å². The van der Waals surface area contributed by atoms with Gasteiger partial charge in [0.05, 0.1) is 34.9 Å². The molecule has 2 aromatic rings. The second-order valence-corrected chi connectivity index (χ2v) is 8.48. The van der Waals surface area contributed by atoms with Crippen molar-refractivity contribution in [2.45, 2.75) is 9.79 Å². The molecule has 0 fully saturated rings. The number of imide groups is 1. The van der Waals surface area contributed by atoms with Gasteiger partial charge in [-0.3, -0.25) is 23.6 Å². The Labute approximate surface area is 152 Å². The maximum atomic E-state index is 12.6. The molecule has 11 nitrogen and oxygen atoms in total. The van der Waals surface area contributed by atoms with Gasteiger partial charge in [-0.15, -0.1) is 0 Å². The lowest BCUT2D eigenvalue weighted by atomic mass is 9.93. The monoisotopic (exact) mass is 416 g/mol. The number of nitrogens with two attached hydrogens (primary N) is 1. The van der Waals surface area contributed by atoms with Crippen LogP contribution in [0.15, 0.2) is 28.0 Å². The number of carbonyl (C=O) groups is 2. The molecular weight excluding hydrogens is 404 g/mol. The summed E-state index contributed by atoms with van der Waals surface area (Å²) in [6.45, 7) is -1.05. The van der Waals surface area contributed by atoms with E-state index in [4.69, 9.17) is 10.8 Å². The number of hydrogen-bond acceptors (Lipinski definition) is 8. The summed E-state index contributed by atoms with van der Waals surface area (Å²) in [7, 11) is -9.72. The standard InChI is InChI=1S/C14H12N2O9S2/c15-12-7-3-6(26(20,21)22)4-8-11(7)9(5-10(12)27(23,24)25)14(19)16(1-2-17)13(8)18/h3-5,17H,1-2,15H2,(H,20,21,22)(H,23,24,25). The third-order valence-electron chi connectivity index (χ3n) is 4.06. The molecule has 1 heterocycles. The molecule has 144 valence electrons. The lowest BCUT2D eigenvalue weighted by molar-refractivity contribution is 0.0580. The Morgan fingerprint density at radius 3 is 1.96 bits per heavy atom. The molecule has 0 atom stereocenters. The minimum absolute atomic E-state index is 0.128.